The van der Waals surface area contributed by atoms with Crippen LogP contribution in [-0.2, 0) is 9.59 Å². The molecule has 0 spiro atoms. The van der Waals surface area contributed by atoms with Crippen LogP contribution in [0.4, 0.5) is 11.4 Å². The molecule has 0 saturated carbocycles. The van der Waals surface area contributed by atoms with Gasteiger partial charge in [0, 0.05) is 30.6 Å². The third kappa shape index (κ3) is 3.07. The standard InChI is InChI=1S/C14H15N3O2/c1-8-6-14(17-10(3)19)12-7-11(16-9(2)18)4-5-13(12)15-8/h4-7H,1-3H3,(H,16,18)(H,15,17,19). The maximum Gasteiger partial charge on any atom is 0.221 e. The molecule has 1 heterocycles. The average Bonchev–Trinajstić information content (AvgIpc) is 2.28. The van der Waals surface area contributed by atoms with Crippen LogP contribution in [0.15, 0.2) is 24.3 Å². The predicted octanol–water partition coefficient (Wildman–Crippen LogP) is 2.46. The monoisotopic (exact) mass is 257 g/mol. The smallest absolute Gasteiger partial charge is 0.221 e. The van der Waals surface area contributed by atoms with Crippen molar-refractivity contribution in [1.29, 1.82) is 0 Å². The number of hydrogen-bond donors (Lipinski definition) is 2. The Hall–Kier alpha value is -2.43. The second-order valence-corrected chi connectivity index (χ2v) is 4.41. The predicted molar refractivity (Wildman–Crippen MR) is 75.1 cm³/mol. The van der Waals surface area contributed by atoms with Gasteiger partial charge in [0.15, 0.2) is 0 Å². The second kappa shape index (κ2) is 5.06. The SMILES string of the molecule is CC(=O)Nc1ccc2nc(C)cc(NC(C)=O)c2c1. The highest BCUT2D eigenvalue weighted by molar-refractivity contribution is 6.02. The zero-order valence-electron chi connectivity index (χ0n) is 11.1. The third-order valence-corrected chi connectivity index (χ3v) is 2.57. The summed E-state index contributed by atoms with van der Waals surface area (Å²) >= 11 is 0. The topological polar surface area (TPSA) is 71.1 Å². The molecule has 0 radical (unpaired) electrons. The quantitative estimate of drug-likeness (QED) is 0.868. The van der Waals surface area contributed by atoms with Gasteiger partial charge in [0.2, 0.25) is 11.8 Å². The summed E-state index contributed by atoms with van der Waals surface area (Å²) in [6, 6.07) is 7.21. The van der Waals surface area contributed by atoms with Crippen LogP contribution >= 0.6 is 0 Å². The van der Waals surface area contributed by atoms with Crippen molar-refractivity contribution in [3.63, 3.8) is 0 Å². The van der Waals surface area contributed by atoms with Crippen molar-refractivity contribution < 1.29 is 9.59 Å². The lowest BCUT2D eigenvalue weighted by atomic mass is 10.1. The number of carbonyl (C=O) groups is 2. The molecular weight excluding hydrogens is 242 g/mol. The molecule has 1 aromatic carbocycles. The summed E-state index contributed by atoms with van der Waals surface area (Å²) in [4.78, 5) is 26.7. The van der Waals surface area contributed by atoms with Crippen molar-refractivity contribution in [1.82, 2.24) is 4.98 Å². The largest absolute Gasteiger partial charge is 0.326 e. The molecule has 0 aliphatic carbocycles. The number of anilines is 2. The number of amides is 2. The summed E-state index contributed by atoms with van der Waals surface area (Å²) in [5, 5.41) is 6.29. The molecule has 2 amide bonds. The third-order valence-electron chi connectivity index (χ3n) is 2.57. The van der Waals surface area contributed by atoms with Crippen LogP contribution in [0.1, 0.15) is 19.5 Å². The lowest BCUT2D eigenvalue weighted by Crippen LogP contribution is -2.08. The van der Waals surface area contributed by atoms with Gasteiger partial charge < -0.3 is 10.6 Å². The van der Waals surface area contributed by atoms with Crippen molar-refractivity contribution in [3.8, 4) is 0 Å². The fraction of sp³-hybridized carbons (Fsp3) is 0.214. The molecule has 2 N–H and O–H groups in total. The van der Waals surface area contributed by atoms with E-state index in [4.69, 9.17) is 0 Å². The van der Waals surface area contributed by atoms with Crippen molar-refractivity contribution in [2.45, 2.75) is 20.8 Å². The van der Waals surface area contributed by atoms with Crippen LogP contribution in [0.25, 0.3) is 10.9 Å². The van der Waals surface area contributed by atoms with Gasteiger partial charge in [-0.05, 0) is 31.2 Å². The minimum Gasteiger partial charge on any atom is -0.326 e. The first-order chi connectivity index (χ1) is 8.95. The molecule has 19 heavy (non-hydrogen) atoms. The van der Waals surface area contributed by atoms with Crippen molar-refractivity contribution in [3.05, 3.63) is 30.0 Å². The summed E-state index contributed by atoms with van der Waals surface area (Å²) in [6.45, 7) is 4.78. The van der Waals surface area contributed by atoms with E-state index in [0.717, 1.165) is 16.6 Å². The van der Waals surface area contributed by atoms with E-state index in [0.29, 0.717) is 11.4 Å². The van der Waals surface area contributed by atoms with E-state index in [2.05, 4.69) is 15.6 Å². The number of benzene rings is 1. The van der Waals surface area contributed by atoms with Crippen LogP contribution in [0.3, 0.4) is 0 Å². The fourth-order valence-electron chi connectivity index (χ4n) is 1.93. The molecular formula is C14H15N3O2. The lowest BCUT2D eigenvalue weighted by Gasteiger charge is -2.10. The number of aryl methyl sites for hydroxylation is 1. The van der Waals surface area contributed by atoms with Gasteiger partial charge in [0.05, 0.1) is 11.2 Å². The Morgan fingerprint density at radius 3 is 2.37 bits per heavy atom. The lowest BCUT2D eigenvalue weighted by molar-refractivity contribution is -0.115. The summed E-state index contributed by atoms with van der Waals surface area (Å²) in [6.07, 6.45) is 0. The molecule has 0 unspecified atom stereocenters. The van der Waals surface area contributed by atoms with E-state index in [1.807, 2.05) is 13.0 Å². The normalized spacial score (nSPS) is 10.3. The van der Waals surface area contributed by atoms with Gasteiger partial charge in [0.1, 0.15) is 0 Å². The summed E-state index contributed by atoms with van der Waals surface area (Å²) < 4.78 is 0. The first-order valence-corrected chi connectivity index (χ1v) is 5.92. The minimum atomic E-state index is -0.142. The maximum atomic E-state index is 11.2. The highest BCUT2D eigenvalue weighted by Gasteiger charge is 2.07. The molecule has 0 bridgehead atoms. The molecule has 1 aromatic heterocycles. The summed E-state index contributed by atoms with van der Waals surface area (Å²) in [5.41, 5.74) is 2.97. The van der Waals surface area contributed by atoms with Crippen LogP contribution < -0.4 is 10.6 Å². The molecule has 0 aliphatic heterocycles. The molecule has 0 fully saturated rings. The number of pyridine rings is 1. The van der Waals surface area contributed by atoms with Gasteiger partial charge in [-0.15, -0.1) is 0 Å². The van der Waals surface area contributed by atoms with Crippen molar-refractivity contribution >= 4 is 34.1 Å². The number of carbonyl (C=O) groups excluding carboxylic acids is 2. The molecule has 2 aromatic rings. The van der Waals surface area contributed by atoms with Gasteiger partial charge in [-0.3, -0.25) is 14.6 Å². The Morgan fingerprint density at radius 1 is 1.05 bits per heavy atom. The first-order valence-electron chi connectivity index (χ1n) is 5.92. The Labute approximate surface area is 111 Å². The number of nitrogens with zero attached hydrogens (tertiary/aromatic N) is 1. The maximum absolute atomic E-state index is 11.2. The number of aromatic nitrogens is 1. The van der Waals surface area contributed by atoms with Crippen molar-refractivity contribution in [2.75, 3.05) is 10.6 Å². The molecule has 2 rings (SSSR count). The van der Waals surface area contributed by atoms with Gasteiger partial charge in [-0.2, -0.15) is 0 Å². The van der Waals surface area contributed by atoms with Gasteiger partial charge in [0.25, 0.3) is 0 Å². The van der Waals surface area contributed by atoms with E-state index in [-0.39, 0.29) is 11.8 Å². The average molecular weight is 257 g/mol. The molecule has 0 atom stereocenters. The number of rotatable bonds is 2. The van der Waals surface area contributed by atoms with E-state index < -0.39 is 0 Å². The first kappa shape index (κ1) is 13.0. The van der Waals surface area contributed by atoms with Crippen molar-refractivity contribution in [2.24, 2.45) is 0 Å². The Balaban J connectivity index is 2.57. The number of nitrogens with one attached hydrogen (secondary N) is 2. The fourth-order valence-corrected chi connectivity index (χ4v) is 1.93. The molecule has 5 nitrogen and oxygen atoms in total. The van der Waals surface area contributed by atoms with E-state index in [1.54, 1.807) is 18.2 Å². The van der Waals surface area contributed by atoms with Crippen LogP contribution in [-0.4, -0.2) is 16.8 Å². The highest BCUT2D eigenvalue weighted by atomic mass is 16.2. The van der Waals surface area contributed by atoms with Gasteiger partial charge in [-0.25, -0.2) is 0 Å². The van der Waals surface area contributed by atoms with Crippen LogP contribution in [0, 0.1) is 6.92 Å². The molecule has 0 saturated heterocycles. The van der Waals surface area contributed by atoms with Gasteiger partial charge >= 0.3 is 0 Å². The van der Waals surface area contributed by atoms with Crippen LogP contribution in [0.2, 0.25) is 0 Å². The minimum absolute atomic E-state index is 0.138. The summed E-state index contributed by atoms with van der Waals surface area (Å²) in [7, 11) is 0. The van der Waals surface area contributed by atoms with E-state index in [9.17, 15) is 9.59 Å². The molecule has 0 aliphatic rings. The van der Waals surface area contributed by atoms with E-state index in [1.165, 1.54) is 13.8 Å². The molecule has 5 heteroatoms. The summed E-state index contributed by atoms with van der Waals surface area (Å²) in [5.74, 6) is -0.280. The zero-order valence-corrected chi connectivity index (χ0v) is 11.1. The number of hydrogen-bond acceptors (Lipinski definition) is 3. The second-order valence-electron chi connectivity index (χ2n) is 4.41. The van der Waals surface area contributed by atoms with Gasteiger partial charge in [-0.1, -0.05) is 0 Å². The highest BCUT2D eigenvalue weighted by Crippen LogP contribution is 2.26. The van der Waals surface area contributed by atoms with E-state index >= 15 is 0 Å². The molecule has 98 valence electrons. The Kier molecular flexibility index (Phi) is 3.46. The Morgan fingerprint density at radius 2 is 1.74 bits per heavy atom. The zero-order chi connectivity index (χ0) is 14.0. The Bertz CT molecular complexity index is 665. The number of fused-ring (bicyclic) bond motifs is 1. The van der Waals surface area contributed by atoms with Crippen LogP contribution in [0.5, 0.6) is 0 Å².